The minimum absolute atomic E-state index is 0.0261. The Bertz CT molecular complexity index is 539. The Balaban J connectivity index is 1.74. The van der Waals surface area contributed by atoms with Crippen molar-refractivity contribution in [1.82, 2.24) is 9.55 Å². The van der Waals surface area contributed by atoms with Crippen molar-refractivity contribution in [3.8, 4) is 0 Å². The van der Waals surface area contributed by atoms with Gasteiger partial charge < -0.3 is 10.3 Å². The lowest BCUT2D eigenvalue weighted by Crippen LogP contribution is -2.20. The molecule has 1 fully saturated rings. The summed E-state index contributed by atoms with van der Waals surface area (Å²) in [5, 5.41) is 0. The number of nitrogens with zero attached hydrogens (tertiary/aromatic N) is 2. The van der Waals surface area contributed by atoms with E-state index in [2.05, 4.69) is 33.8 Å². The van der Waals surface area contributed by atoms with E-state index in [1.165, 1.54) is 49.8 Å². The van der Waals surface area contributed by atoms with E-state index in [9.17, 15) is 0 Å². The Hall–Kier alpha value is -1.61. The third kappa shape index (κ3) is 3.53. The van der Waals surface area contributed by atoms with Gasteiger partial charge in [0.15, 0.2) is 0 Å². The van der Waals surface area contributed by atoms with Crippen LogP contribution in [0.2, 0.25) is 0 Å². The maximum Gasteiger partial charge on any atom is 0.0951 e. The van der Waals surface area contributed by atoms with Gasteiger partial charge in [-0.25, -0.2) is 4.98 Å². The van der Waals surface area contributed by atoms with E-state index in [0.717, 1.165) is 6.42 Å². The van der Waals surface area contributed by atoms with Crippen LogP contribution in [0.3, 0.4) is 0 Å². The summed E-state index contributed by atoms with van der Waals surface area (Å²) in [5.41, 5.74) is 8.93. The topological polar surface area (TPSA) is 43.8 Å². The quantitative estimate of drug-likeness (QED) is 0.861. The van der Waals surface area contributed by atoms with Crippen LogP contribution in [-0.2, 0) is 6.42 Å². The van der Waals surface area contributed by atoms with E-state index in [0.29, 0.717) is 6.04 Å². The van der Waals surface area contributed by atoms with Gasteiger partial charge in [-0.1, -0.05) is 56.0 Å². The number of hydrogen-bond donors (Lipinski definition) is 1. The fraction of sp³-hybridized carbons (Fsp3) is 0.500. The molecule has 1 aromatic carbocycles. The molecule has 1 aromatic heterocycles. The lowest BCUT2D eigenvalue weighted by Gasteiger charge is -2.22. The molecule has 3 heteroatoms. The van der Waals surface area contributed by atoms with Crippen LogP contribution in [-0.4, -0.2) is 9.55 Å². The minimum atomic E-state index is 0.0261. The average molecular weight is 283 g/mol. The molecule has 0 spiro atoms. The highest BCUT2D eigenvalue weighted by Gasteiger charge is 2.19. The first-order valence-corrected chi connectivity index (χ1v) is 8.16. The van der Waals surface area contributed by atoms with E-state index in [1.54, 1.807) is 0 Å². The first-order valence-electron chi connectivity index (χ1n) is 8.16. The molecule has 0 radical (unpaired) electrons. The van der Waals surface area contributed by atoms with Crippen LogP contribution in [0.25, 0.3) is 0 Å². The van der Waals surface area contributed by atoms with Crippen molar-refractivity contribution >= 4 is 0 Å². The Morgan fingerprint density at radius 1 is 1.10 bits per heavy atom. The predicted molar refractivity (Wildman–Crippen MR) is 86.0 cm³/mol. The van der Waals surface area contributed by atoms with Gasteiger partial charge in [-0.05, 0) is 24.8 Å². The van der Waals surface area contributed by atoms with Crippen molar-refractivity contribution < 1.29 is 0 Å². The minimum Gasteiger partial charge on any atom is -0.330 e. The van der Waals surface area contributed by atoms with Crippen molar-refractivity contribution in [1.29, 1.82) is 0 Å². The molecular formula is C18H25N3. The van der Waals surface area contributed by atoms with E-state index in [1.807, 2.05) is 18.6 Å². The molecule has 1 aliphatic rings. The zero-order valence-corrected chi connectivity index (χ0v) is 12.6. The summed E-state index contributed by atoms with van der Waals surface area (Å²) in [5.74, 6) is 0. The van der Waals surface area contributed by atoms with Crippen molar-refractivity contribution in [2.45, 2.75) is 57.0 Å². The maximum absolute atomic E-state index is 6.46. The van der Waals surface area contributed by atoms with Crippen LogP contribution in [0.5, 0.6) is 0 Å². The van der Waals surface area contributed by atoms with Gasteiger partial charge in [-0.3, -0.25) is 0 Å². The van der Waals surface area contributed by atoms with Gasteiger partial charge in [0.1, 0.15) is 0 Å². The molecule has 0 bridgehead atoms. The van der Waals surface area contributed by atoms with Crippen LogP contribution < -0.4 is 5.73 Å². The first-order chi connectivity index (χ1) is 10.3. The molecule has 1 saturated carbocycles. The number of aromatic nitrogens is 2. The lowest BCUT2D eigenvalue weighted by molar-refractivity contribution is 0.421. The Labute approximate surface area is 127 Å². The third-order valence-electron chi connectivity index (χ3n) is 4.59. The van der Waals surface area contributed by atoms with Crippen LogP contribution in [0.4, 0.5) is 0 Å². The second-order valence-electron chi connectivity index (χ2n) is 6.17. The summed E-state index contributed by atoms with van der Waals surface area (Å²) >= 11 is 0. The molecule has 0 saturated heterocycles. The summed E-state index contributed by atoms with van der Waals surface area (Å²) in [6, 6.07) is 11.1. The summed E-state index contributed by atoms with van der Waals surface area (Å²) in [7, 11) is 0. The summed E-state index contributed by atoms with van der Waals surface area (Å²) < 4.78 is 2.35. The first kappa shape index (κ1) is 14.3. The van der Waals surface area contributed by atoms with Gasteiger partial charge in [0.25, 0.3) is 0 Å². The van der Waals surface area contributed by atoms with Crippen molar-refractivity contribution in [3.05, 3.63) is 54.1 Å². The van der Waals surface area contributed by atoms with Crippen LogP contribution in [0, 0.1) is 0 Å². The summed E-state index contributed by atoms with van der Waals surface area (Å²) in [4.78, 5) is 4.37. The molecule has 1 aliphatic carbocycles. The zero-order valence-electron chi connectivity index (χ0n) is 12.6. The summed E-state index contributed by atoms with van der Waals surface area (Å²) in [6.45, 7) is 0. The average Bonchev–Trinajstić information content (AvgIpc) is 2.84. The van der Waals surface area contributed by atoms with Gasteiger partial charge in [0.2, 0.25) is 0 Å². The normalized spacial score (nSPS) is 18.3. The molecule has 3 nitrogen and oxygen atoms in total. The second-order valence-corrected chi connectivity index (χ2v) is 6.17. The van der Waals surface area contributed by atoms with Crippen molar-refractivity contribution in [2.24, 2.45) is 5.73 Å². The van der Waals surface area contributed by atoms with Gasteiger partial charge in [-0.2, -0.15) is 0 Å². The molecule has 0 unspecified atom stereocenters. The SMILES string of the molecule is N[C@H](Cc1ccccc1)c1cncn1C1CCCCCC1. The molecule has 0 aliphatic heterocycles. The molecule has 21 heavy (non-hydrogen) atoms. The summed E-state index contributed by atoms with van der Waals surface area (Å²) in [6.07, 6.45) is 12.7. The fourth-order valence-corrected chi connectivity index (χ4v) is 3.42. The highest BCUT2D eigenvalue weighted by Crippen LogP contribution is 2.29. The monoisotopic (exact) mass is 283 g/mol. The van der Waals surface area contributed by atoms with E-state index >= 15 is 0 Å². The highest BCUT2D eigenvalue weighted by molar-refractivity contribution is 5.19. The van der Waals surface area contributed by atoms with Crippen molar-refractivity contribution in [3.63, 3.8) is 0 Å². The standard InChI is InChI=1S/C18H25N3/c19-17(12-15-8-4-3-5-9-15)18-13-20-14-21(18)16-10-6-1-2-7-11-16/h3-5,8-9,13-14,16-17H,1-2,6-7,10-12,19H2/t17-/m1/s1. The van der Waals surface area contributed by atoms with Gasteiger partial charge in [-0.15, -0.1) is 0 Å². The molecule has 2 aromatic rings. The van der Waals surface area contributed by atoms with Gasteiger partial charge in [0, 0.05) is 12.2 Å². The Kier molecular flexibility index (Phi) is 4.71. The van der Waals surface area contributed by atoms with E-state index in [4.69, 9.17) is 5.73 Å². The zero-order chi connectivity index (χ0) is 14.5. The van der Waals surface area contributed by atoms with Gasteiger partial charge in [0.05, 0.1) is 18.1 Å². The number of nitrogens with two attached hydrogens (primary N) is 1. The van der Waals surface area contributed by atoms with Crippen LogP contribution >= 0.6 is 0 Å². The number of hydrogen-bond acceptors (Lipinski definition) is 2. The van der Waals surface area contributed by atoms with Crippen LogP contribution in [0.15, 0.2) is 42.9 Å². The largest absolute Gasteiger partial charge is 0.330 e. The highest BCUT2D eigenvalue weighted by atomic mass is 15.1. The van der Waals surface area contributed by atoms with Gasteiger partial charge >= 0.3 is 0 Å². The predicted octanol–water partition coefficient (Wildman–Crippen LogP) is 4.02. The second kappa shape index (κ2) is 6.90. The van der Waals surface area contributed by atoms with Crippen molar-refractivity contribution in [2.75, 3.05) is 0 Å². The molecule has 2 N–H and O–H groups in total. The molecule has 3 rings (SSSR count). The molecular weight excluding hydrogens is 258 g/mol. The maximum atomic E-state index is 6.46. The Morgan fingerprint density at radius 2 is 1.81 bits per heavy atom. The smallest absolute Gasteiger partial charge is 0.0951 e. The molecule has 112 valence electrons. The van der Waals surface area contributed by atoms with Crippen LogP contribution in [0.1, 0.15) is 61.9 Å². The number of rotatable bonds is 4. The molecule has 0 amide bonds. The number of benzene rings is 1. The molecule has 1 heterocycles. The third-order valence-corrected chi connectivity index (χ3v) is 4.59. The van der Waals surface area contributed by atoms with E-state index < -0.39 is 0 Å². The molecule has 1 atom stereocenters. The Morgan fingerprint density at radius 3 is 2.52 bits per heavy atom. The fourth-order valence-electron chi connectivity index (χ4n) is 3.42. The number of imidazole rings is 1. The van der Waals surface area contributed by atoms with E-state index in [-0.39, 0.29) is 6.04 Å². The lowest BCUT2D eigenvalue weighted by atomic mass is 10.0.